The number of anilines is 1. The van der Waals surface area contributed by atoms with Crippen LogP contribution < -0.4 is 5.32 Å². The summed E-state index contributed by atoms with van der Waals surface area (Å²) in [7, 11) is 0. The van der Waals surface area contributed by atoms with E-state index in [9.17, 15) is 4.79 Å². The number of nitrogens with one attached hydrogen (secondary N) is 1. The van der Waals surface area contributed by atoms with E-state index in [1.165, 1.54) is 0 Å². The first kappa shape index (κ1) is 14.7. The SMILES string of the molecule is CC(C)C(=O)Nc1ccc2oc(-c3cncc(Br)c3)nc2c1. The summed E-state index contributed by atoms with van der Waals surface area (Å²) in [4.78, 5) is 20.3. The fraction of sp³-hybridized carbons (Fsp3) is 0.188. The van der Waals surface area contributed by atoms with Crippen molar-refractivity contribution in [1.82, 2.24) is 9.97 Å². The van der Waals surface area contributed by atoms with E-state index >= 15 is 0 Å². The second kappa shape index (κ2) is 5.88. The largest absolute Gasteiger partial charge is 0.436 e. The van der Waals surface area contributed by atoms with Crippen molar-refractivity contribution in [3.05, 3.63) is 41.1 Å². The first-order chi connectivity index (χ1) is 10.5. The number of pyridine rings is 1. The van der Waals surface area contributed by atoms with Crippen LogP contribution in [0.5, 0.6) is 0 Å². The number of halogens is 1. The summed E-state index contributed by atoms with van der Waals surface area (Å²) < 4.78 is 6.59. The average molecular weight is 360 g/mol. The van der Waals surface area contributed by atoms with E-state index < -0.39 is 0 Å². The summed E-state index contributed by atoms with van der Waals surface area (Å²) in [5.41, 5.74) is 2.85. The minimum Gasteiger partial charge on any atom is -0.436 e. The van der Waals surface area contributed by atoms with Gasteiger partial charge in [-0.15, -0.1) is 0 Å². The Kier molecular flexibility index (Phi) is 3.94. The Morgan fingerprint density at radius 3 is 2.82 bits per heavy atom. The standard InChI is InChI=1S/C16H14BrN3O2/c1-9(2)15(21)19-12-3-4-14-13(6-12)20-16(22-14)10-5-11(17)8-18-7-10/h3-9H,1-2H3,(H,19,21). The van der Waals surface area contributed by atoms with Gasteiger partial charge in [0.2, 0.25) is 11.8 Å². The fourth-order valence-corrected chi connectivity index (χ4v) is 2.31. The fourth-order valence-electron chi connectivity index (χ4n) is 1.94. The molecule has 2 heterocycles. The molecule has 3 aromatic rings. The van der Waals surface area contributed by atoms with Crippen LogP contribution in [0.1, 0.15) is 13.8 Å². The molecule has 1 aromatic carbocycles. The van der Waals surface area contributed by atoms with Gasteiger partial charge in [-0.25, -0.2) is 4.98 Å². The molecule has 0 spiro atoms. The third-order valence-electron chi connectivity index (χ3n) is 3.13. The van der Waals surface area contributed by atoms with Crippen molar-refractivity contribution < 1.29 is 9.21 Å². The highest BCUT2D eigenvalue weighted by molar-refractivity contribution is 9.10. The number of carbonyl (C=O) groups excluding carboxylic acids is 1. The zero-order valence-electron chi connectivity index (χ0n) is 12.1. The van der Waals surface area contributed by atoms with E-state index in [1.807, 2.05) is 19.9 Å². The minimum atomic E-state index is -0.0729. The normalized spacial score (nSPS) is 11.1. The van der Waals surface area contributed by atoms with Gasteiger partial charge in [-0.3, -0.25) is 9.78 Å². The first-order valence-electron chi connectivity index (χ1n) is 6.85. The van der Waals surface area contributed by atoms with E-state index in [1.54, 1.807) is 30.6 Å². The maximum absolute atomic E-state index is 11.7. The van der Waals surface area contributed by atoms with Crippen molar-refractivity contribution in [2.75, 3.05) is 5.32 Å². The van der Waals surface area contributed by atoms with Gasteiger partial charge in [0.15, 0.2) is 5.58 Å². The summed E-state index contributed by atoms with van der Waals surface area (Å²) in [5, 5.41) is 2.85. The van der Waals surface area contributed by atoms with Crippen LogP contribution in [0, 0.1) is 5.92 Å². The molecule has 5 nitrogen and oxygen atoms in total. The average Bonchev–Trinajstić information content (AvgIpc) is 2.90. The van der Waals surface area contributed by atoms with Gasteiger partial charge >= 0.3 is 0 Å². The van der Waals surface area contributed by atoms with Gasteiger partial charge in [0.25, 0.3) is 0 Å². The molecule has 1 amide bonds. The summed E-state index contributed by atoms with van der Waals surface area (Å²) in [6, 6.07) is 7.29. The molecule has 0 bridgehead atoms. The highest BCUT2D eigenvalue weighted by Crippen LogP contribution is 2.27. The highest BCUT2D eigenvalue weighted by atomic mass is 79.9. The van der Waals surface area contributed by atoms with Crippen LogP contribution >= 0.6 is 15.9 Å². The topological polar surface area (TPSA) is 68.0 Å². The van der Waals surface area contributed by atoms with Crippen molar-refractivity contribution in [2.24, 2.45) is 5.92 Å². The molecule has 6 heteroatoms. The lowest BCUT2D eigenvalue weighted by Crippen LogP contribution is -2.17. The first-order valence-corrected chi connectivity index (χ1v) is 7.64. The Labute approximate surface area is 135 Å². The van der Waals surface area contributed by atoms with Gasteiger partial charge in [-0.1, -0.05) is 13.8 Å². The van der Waals surface area contributed by atoms with Gasteiger partial charge in [0.05, 0.1) is 5.56 Å². The van der Waals surface area contributed by atoms with Crippen molar-refractivity contribution in [3.8, 4) is 11.5 Å². The number of benzene rings is 1. The molecule has 0 radical (unpaired) electrons. The lowest BCUT2D eigenvalue weighted by atomic mass is 10.2. The molecule has 0 fully saturated rings. The third kappa shape index (κ3) is 3.01. The molecule has 112 valence electrons. The van der Waals surface area contributed by atoms with E-state index in [0.29, 0.717) is 22.7 Å². The highest BCUT2D eigenvalue weighted by Gasteiger charge is 2.11. The lowest BCUT2D eigenvalue weighted by molar-refractivity contribution is -0.118. The van der Waals surface area contributed by atoms with Crippen LogP contribution in [0.4, 0.5) is 5.69 Å². The number of amides is 1. The zero-order valence-corrected chi connectivity index (χ0v) is 13.7. The van der Waals surface area contributed by atoms with Crippen LogP contribution in [-0.2, 0) is 4.79 Å². The Morgan fingerprint density at radius 2 is 2.09 bits per heavy atom. The molecule has 0 saturated heterocycles. The van der Waals surface area contributed by atoms with Gasteiger partial charge in [0.1, 0.15) is 5.52 Å². The number of hydrogen-bond acceptors (Lipinski definition) is 4. The molecule has 0 saturated carbocycles. The molecule has 1 N–H and O–H groups in total. The molecule has 0 unspecified atom stereocenters. The number of hydrogen-bond donors (Lipinski definition) is 1. The Balaban J connectivity index is 1.95. The molecular formula is C16H14BrN3O2. The summed E-state index contributed by atoms with van der Waals surface area (Å²) in [5.74, 6) is 0.395. The minimum absolute atomic E-state index is 0.0285. The Morgan fingerprint density at radius 1 is 1.27 bits per heavy atom. The molecule has 0 aliphatic heterocycles. The smallest absolute Gasteiger partial charge is 0.228 e. The summed E-state index contributed by atoms with van der Waals surface area (Å²) in [6.07, 6.45) is 3.39. The van der Waals surface area contributed by atoms with E-state index in [4.69, 9.17) is 4.42 Å². The van der Waals surface area contributed by atoms with Crippen molar-refractivity contribution in [3.63, 3.8) is 0 Å². The number of fused-ring (bicyclic) bond motifs is 1. The van der Waals surface area contributed by atoms with Gasteiger partial charge < -0.3 is 9.73 Å². The van der Waals surface area contributed by atoms with Crippen LogP contribution in [-0.4, -0.2) is 15.9 Å². The molecule has 2 aromatic heterocycles. The molecule has 0 aliphatic carbocycles. The van der Waals surface area contributed by atoms with Crippen LogP contribution in [0.3, 0.4) is 0 Å². The second-order valence-corrected chi connectivity index (χ2v) is 6.15. The number of aromatic nitrogens is 2. The molecule has 22 heavy (non-hydrogen) atoms. The third-order valence-corrected chi connectivity index (χ3v) is 3.56. The van der Waals surface area contributed by atoms with Crippen molar-refractivity contribution in [1.29, 1.82) is 0 Å². The predicted molar refractivity (Wildman–Crippen MR) is 88.4 cm³/mol. The van der Waals surface area contributed by atoms with Crippen LogP contribution in [0.25, 0.3) is 22.6 Å². The number of rotatable bonds is 3. The Bertz CT molecular complexity index is 842. The van der Waals surface area contributed by atoms with Crippen molar-refractivity contribution in [2.45, 2.75) is 13.8 Å². The van der Waals surface area contributed by atoms with Gasteiger partial charge in [-0.05, 0) is 40.2 Å². The molecule has 0 atom stereocenters. The number of oxazole rings is 1. The molecular weight excluding hydrogens is 346 g/mol. The Hall–Kier alpha value is -2.21. The van der Waals surface area contributed by atoms with Crippen LogP contribution in [0.2, 0.25) is 0 Å². The lowest BCUT2D eigenvalue weighted by Gasteiger charge is -2.06. The van der Waals surface area contributed by atoms with Crippen molar-refractivity contribution >= 4 is 38.6 Å². The summed E-state index contributed by atoms with van der Waals surface area (Å²) in [6.45, 7) is 3.70. The zero-order chi connectivity index (χ0) is 15.7. The number of nitrogens with zero attached hydrogens (tertiary/aromatic N) is 2. The van der Waals surface area contributed by atoms with E-state index in [0.717, 1.165) is 10.0 Å². The molecule has 0 aliphatic rings. The van der Waals surface area contributed by atoms with E-state index in [2.05, 4.69) is 31.2 Å². The second-order valence-electron chi connectivity index (χ2n) is 5.24. The number of carbonyl (C=O) groups is 1. The molecule has 3 rings (SSSR count). The maximum Gasteiger partial charge on any atom is 0.228 e. The van der Waals surface area contributed by atoms with Gasteiger partial charge in [-0.2, -0.15) is 0 Å². The summed E-state index contributed by atoms with van der Waals surface area (Å²) >= 11 is 3.38. The maximum atomic E-state index is 11.7. The van der Waals surface area contributed by atoms with Crippen LogP contribution in [0.15, 0.2) is 45.5 Å². The van der Waals surface area contributed by atoms with Gasteiger partial charge in [0, 0.05) is 28.5 Å². The van der Waals surface area contributed by atoms with E-state index in [-0.39, 0.29) is 11.8 Å². The monoisotopic (exact) mass is 359 g/mol. The predicted octanol–water partition coefficient (Wildman–Crippen LogP) is 4.25. The quantitative estimate of drug-likeness (QED) is 0.758.